The van der Waals surface area contributed by atoms with E-state index in [-0.39, 0.29) is 21.0 Å². The molecule has 0 aromatic rings. The van der Waals surface area contributed by atoms with E-state index in [1.807, 2.05) is 0 Å². The first-order valence-electron chi connectivity index (χ1n) is 3.01. The predicted molar refractivity (Wildman–Crippen MR) is 49.6 cm³/mol. The molecule has 1 rings (SSSR count). The van der Waals surface area contributed by atoms with Crippen molar-refractivity contribution in [1.82, 2.24) is 8.85 Å². The van der Waals surface area contributed by atoms with Gasteiger partial charge in [-0.3, -0.25) is 0 Å². The number of hydrogen-bond donors (Lipinski definition) is 2. The summed E-state index contributed by atoms with van der Waals surface area (Å²) in [7, 11) is 0. The van der Waals surface area contributed by atoms with Gasteiger partial charge in [-0.25, -0.2) is 0 Å². The minimum absolute atomic E-state index is 0.0486. The molecule has 2 nitrogen and oxygen atoms in total. The van der Waals surface area contributed by atoms with E-state index >= 15 is 0 Å². The van der Waals surface area contributed by atoms with Crippen LogP contribution in [0.3, 0.4) is 0 Å². The minimum Gasteiger partial charge on any atom is -0.372 e. The van der Waals surface area contributed by atoms with Crippen molar-refractivity contribution in [2.75, 3.05) is 6.54 Å². The van der Waals surface area contributed by atoms with Gasteiger partial charge < -0.3 is 8.85 Å². The lowest BCUT2D eigenvalue weighted by Gasteiger charge is -2.13. The standard InChI is InChI=1S/C6H11IN2/c1-7-9-6-4-2-3-5-8-6/h4,8-9H,1-3,5H2. The fourth-order valence-electron chi connectivity index (χ4n) is 0.788. The van der Waals surface area contributed by atoms with Gasteiger partial charge in [-0.1, -0.05) is 0 Å². The lowest BCUT2D eigenvalue weighted by molar-refractivity contribution is 0.676. The van der Waals surface area contributed by atoms with Crippen molar-refractivity contribution in [3.63, 3.8) is 0 Å². The topological polar surface area (TPSA) is 24.1 Å². The maximum atomic E-state index is 3.80. The second-order valence-corrected chi connectivity index (χ2v) is 3.22. The molecule has 0 saturated heterocycles. The molecule has 0 spiro atoms. The predicted octanol–water partition coefficient (Wildman–Crippen LogP) is 1.12. The molecular weight excluding hydrogens is 227 g/mol. The van der Waals surface area contributed by atoms with Crippen LogP contribution in [0.15, 0.2) is 11.9 Å². The van der Waals surface area contributed by atoms with Crippen LogP contribution in [0.4, 0.5) is 0 Å². The summed E-state index contributed by atoms with van der Waals surface area (Å²) in [6, 6.07) is 0. The fraction of sp³-hybridized carbons (Fsp3) is 0.500. The molecule has 0 unspecified atom stereocenters. The van der Waals surface area contributed by atoms with Crippen LogP contribution in [0.25, 0.3) is 0 Å². The van der Waals surface area contributed by atoms with Crippen molar-refractivity contribution in [2.45, 2.75) is 12.8 Å². The van der Waals surface area contributed by atoms with Crippen molar-refractivity contribution < 1.29 is 0 Å². The SMILES string of the molecule is C=INC1=CCCCN1. The smallest absolute Gasteiger partial charge is 0.103 e. The van der Waals surface area contributed by atoms with E-state index in [4.69, 9.17) is 0 Å². The molecule has 1 aliphatic rings. The molecule has 0 aliphatic carbocycles. The Morgan fingerprint density at radius 3 is 3.22 bits per heavy atom. The van der Waals surface area contributed by atoms with Crippen molar-refractivity contribution in [1.29, 1.82) is 0 Å². The van der Waals surface area contributed by atoms with Gasteiger partial charge in [0.15, 0.2) is 0 Å². The Labute approximate surface area is 65.8 Å². The monoisotopic (exact) mass is 238 g/mol. The molecule has 0 aromatic heterocycles. The zero-order chi connectivity index (χ0) is 6.53. The average molecular weight is 238 g/mol. The van der Waals surface area contributed by atoms with Gasteiger partial charge in [0.2, 0.25) is 0 Å². The summed E-state index contributed by atoms with van der Waals surface area (Å²) in [6.45, 7) is 1.11. The summed E-state index contributed by atoms with van der Waals surface area (Å²) in [5.41, 5.74) is 0. The maximum Gasteiger partial charge on any atom is 0.103 e. The number of nitrogens with one attached hydrogen (secondary N) is 2. The Kier molecular flexibility index (Phi) is 3.03. The van der Waals surface area contributed by atoms with Gasteiger partial charge in [-0.05, 0) is 44.4 Å². The Balaban J connectivity index is 2.36. The van der Waals surface area contributed by atoms with Gasteiger partial charge in [-0.2, -0.15) is 0 Å². The summed E-state index contributed by atoms with van der Waals surface area (Å²) in [5, 5.41) is 3.26. The summed E-state index contributed by atoms with van der Waals surface area (Å²) in [6.07, 6.45) is 4.67. The van der Waals surface area contributed by atoms with Crippen LogP contribution in [-0.4, -0.2) is 11.1 Å². The summed E-state index contributed by atoms with van der Waals surface area (Å²) >= 11 is -0.0486. The summed E-state index contributed by atoms with van der Waals surface area (Å²) in [4.78, 5) is 0. The Hall–Kier alpha value is -0.0600. The highest BCUT2D eigenvalue weighted by molar-refractivity contribution is 14.2. The number of rotatable bonds is 2. The molecule has 0 aromatic carbocycles. The van der Waals surface area contributed by atoms with Gasteiger partial charge in [0.05, 0.1) is 0 Å². The molecule has 0 fully saturated rings. The largest absolute Gasteiger partial charge is 0.372 e. The molecule has 0 bridgehead atoms. The highest BCUT2D eigenvalue weighted by atomic mass is 127. The Morgan fingerprint density at radius 2 is 2.67 bits per heavy atom. The van der Waals surface area contributed by atoms with Gasteiger partial charge in [-0.15, -0.1) is 0 Å². The lowest BCUT2D eigenvalue weighted by Crippen LogP contribution is -2.24. The van der Waals surface area contributed by atoms with Crippen LogP contribution in [0.1, 0.15) is 12.8 Å². The lowest BCUT2D eigenvalue weighted by atomic mass is 10.2. The number of halogens is 1. The van der Waals surface area contributed by atoms with Crippen LogP contribution >= 0.6 is 21.0 Å². The van der Waals surface area contributed by atoms with Crippen molar-refractivity contribution in [3.8, 4) is 0 Å². The Morgan fingerprint density at radius 1 is 1.78 bits per heavy atom. The highest BCUT2D eigenvalue weighted by Crippen LogP contribution is 2.01. The van der Waals surface area contributed by atoms with E-state index in [1.54, 1.807) is 0 Å². The molecule has 0 radical (unpaired) electrons. The second kappa shape index (κ2) is 3.87. The molecule has 0 atom stereocenters. The van der Waals surface area contributed by atoms with E-state index in [0.29, 0.717) is 0 Å². The van der Waals surface area contributed by atoms with Gasteiger partial charge in [0.25, 0.3) is 0 Å². The molecule has 0 saturated carbocycles. The highest BCUT2D eigenvalue weighted by Gasteiger charge is 1.97. The normalized spacial score (nSPS) is 18.0. The summed E-state index contributed by atoms with van der Waals surface area (Å²) < 4.78 is 7.03. The molecule has 3 heteroatoms. The number of hydrogen-bond acceptors (Lipinski definition) is 2. The first-order chi connectivity index (χ1) is 4.43. The van der Waals surface area contributed by atoms with Gasteiger partial charge in [0.1, 0.15) is 5.82 Å². The van der Waals surface area contributed by atoms with E-state index < -0.39 is 0 Å². The van der Waals surface area contributed by atoms with Crippen LogP contribution in [-0.2, 0) is 0 Å². The van der Waals surface area contributed by atoms with Crippen LogP contribution in [0, 0.1) is 0 Å². The van der Waals surface area contributed by atoms with Crippen molar-refractivity contribution >= 4 is 25.5 Å². The third-order valence-electron chi connectivity index (χ3n) is 1.21. The molecule has 9 heavy (non-hydrogen) atoms. The van der Waals surface area contributed by atoms with E-state index in [1.165, 1.54) is 18.7 Å². The van der Waals surface area contributed by atoms with Crippen molar-refractivity contribution in [2.24, 2.45) is 0 Å². The van der Waals surface area contributed by atoms with E-state index in [2.05, 4.69) is 19.4 Å². The number of allylic oxidation sites excluding steroid dienone is 1. The van der Waals surface area contributed by atoms with E-state index in [0.717, 1.165) is 6.54 Å². The van der Waals surface area contributed by atoms with Crippen LogP contribution < -0.4 is 8.85 Å². The molecule has 0 amide bonds. The van der Waals surface area contributed by atoms with Gasteiger partial charge >= 0.3 is 0 Å². The molecule has 2 N–H and O–H groups in total. The van der Waals surface area contributed by atoms with Gasteiger partial charge in [0, 0.05) is 6.54 Å². The molecular formula is C6H11IN2. The second-order valence-electron chi connectivity index (χ2n) is 1.91. The Bertz CT molecular complexity index is 131. The minimum atomic E-state index is -0.0486. The fourth-order valence-corrected chi connectivity index (χ4v) is 1.61. The maximum absolute atomic E-state index is 3.80. The molecule has 1 heterocycles. The quantitative estimate of drug-likeness (QED) is 0.556. The summed E-state index contributed by atoms with van der Waals surface area (Å²) in [5.74, 6) is 1.20. The van der Waals surface area contributed by atoms with Crippen LogP contribution in [0.5, 0.6) is 0 Å². The van der Waals surface area contributed by atoms with Crippen LogP contribution in [0.2, 0.25) is 0 Å². The first-order valence-corrected chi connectivity index (χ1v) is 5.61. The zero-order valence-electron chi connectivity index (χ0n) is 5.28. The third kappa shape index (κ3) is 2.34. The zero-order valence-corrected chi connectivity index (χ0v) is 7.44. The van der Waals surface area contributed by atoms with E-state index in [9.17, 15) is 0 Å². The van der Waals surface area contributed by atoms with Crippen molar-refractivity contribution in [3.05, 3.63) is 11.9 Å². The molecule has 1 aliphatic heterocycles. The first kappa shape index (κ1) is 7.05. The average Bonchev–Trinajstić information content (AvgIpc) is 1.91. The molecule has 52 valence electrons. The third-order valence-corrected chi connectivity index (χ3v) is 2.18.